The third kappa shape index (κ3) is 7.21. The smallest absolute Gasteiger partial charge is 0.245 e. The van der Waals surface area contributed by atoms with Crippen molar-refractivity contribution < 1.29 is 19.0 Å². The Labute approximate surface area is 131 Å². The lowest BCUT2D eigenvalue weighted by atomic mass is 10.2. The molecule has 0 saturated carbocycles. The molecule has 7 nitrogen and oxygen atoms in total. The Hall–Kier alpha value is -1.89. The number of aromatic nitrogens is 1. The van der Waals surface area contributed by atoms with Gasteiger partial charge in [-0.2, -0.15) is 0 Å². The average molecular weight is 311 g/mol. The lowest BCUT2D eigenvalue weighted by molar-refractivity contribution is -0.857. The summed E-state index contributed by atoms with van der Waals surface area (Å²) in [5.74, 6) is 0.137. The lowest BCUT2D eigenvalue weighted by Crippen LogP contribution is -3.06. The van der Waals surface area contributed by atoms with Crippen molar-refractivity contribution in [3.8, 4) is 0 Å². The molecule has 0 aliphatic rings. The Morgan fingerprint density at radius 2 is 2.14 bits per heavy atom. The minimum atomic E-state index is -0.258. The van der Waals surface area contributed by atoms with Crippen LogP contribution in [0.5, 0.6) is 0 Å². The Kier molecular flexibility index (Phi) is 8.21. The zero-order chi connectivity index (χ0) is 16.4. The summed E-state index contributed by atoms with van der Waals surface area (Å²) in [7, 11) is 4.05. The van der Waals surface area contributed by atoms with Crippen LogP contribution >= 0.6 is 0 Å². The Bertz CT molecular complexity index is 446. The van der Waals surface area contributed by atoms with Crippen LogP contribution in [0, 0.1) is 0 Å². The standard InChI is InChI=1S/C15H26N4O3/c1-4-5-6-7-15(21)19(10-9-18(2)3)12-14(20)16-13-8-11-22-17-13/h8,11H,4-7,9-10,12H2,1-3H3,(H,16,17,20)/p+1. The fourth-order valence-corrected chi connectivity index (χ4v) is 1.97. The molecule has 0 fully saturated rings. The van der Waals surface area contributed by atoms with Crippen molar-refractivity contribution in [2.24, 2.45) is 0 Å². The first-order valence-electron chi connectivity index (χ1n) is 7.80. The third-order valence-electron chi connectivity index (χ3n) is 3.27. The normalized spacial score (nSPS) is 10.7. The summed E-state index contributed by atoms with van der Waals surface area (Å²) in [6.45, 7) is 3.52. The van der Waals surface area contributed by atoms with Gasteiger partial charge in [0.1, 0.15) is 12.8 Å². The van der Waals surface area contributed by atoms with E-state index in [4.69, 9.17) is 0 Å². The number of quaternary nitrogens is 1. The number of hydrogen-bond acceptors (Lipinski definition) is 4. The van der Waals surface area contributed by atoms with Crippen LogP contribution in [-0.4, -0.2) is 55.6 Å². The van der Waals surface area contributed by atoms with Crippen molar-refractivity contribution in [3.05, 3.63) is 12.3 Å². The maximum absolute atomic E-state index is 12.3. The van der Waals surface area contributed by atoms with Crippen LogP contribution in [-0.2, 0) is 9.59 Å². The number of carbonyl (C=O) groups is 2. The van der Waals surface area contributed by atoms with Gasteiger partial charge in [0, 0.05) is 12.5 Å². The maximum Gasteiger partial charge on any atom is 0.245 e. The van der Waals surface area contributed by atoms with Gasteiger partial charge in [-0.15, -0.1) is 0 Å². The molecule has 0 radical (unpaired) electrons. The fraction of sp³-hybridized carbons (Fsp3) is 0.667. The van der Waals surface area contributed by atoms with Crippen molar-refractivity contribution in [2.75, 3.05) is 39.0 Å². The Morgan fingerprint density at radius 3 is 2.73 bits per heavy atom. The molecule has 124 valence electrons. The highest BCUT2D eigenvalue weighted by Crippen LogP contribution is 2.05. The molecule has 1 aromatic heterocycles. The first kappa shape index (κ1) is 18.2. The van der Waals surface area contributed by atoms with Gasteiger partial charge in [0.15, 0.2) is 5.82 Å². The predicted molar refractivity (Wildman–Crippen MR) is 83.5 cm³/mol. The predicted octanol–water partition coefficient (Wildman–Crippen LogP) is 0.167. The molecule has 2 N–H and O–H groups in total. The van der Waals surface area contributed by atoms with Crippen molar-refractivity contribution in [2.45, 2.75) is 32.6 Å². The van der Waals surface area contributed by atoms with E-state index >= 15 is 0 Å². The van der Waals surface area contributed by atoms with Gasteiger partial charge < -0.3 is 19.6 Å². The quantitative estimate of drug-likeness (QED) is 0.604. The van der Waals surface area contributed by atoms with Gasteiger partial charge in [0.25, 0.3) is 0 Å². The van der Waals surface area contributed by atoms with Crippen molar-refractivity contribution in [3.63, 3.8) is 0 Å². The van der Waals surface area contributed by atoms with Crippen molar-refractivity contribution in [1.82, 2.24) is 10.1 Å². The maximum atomic E-state index is 12.3. The number of hydrogen-bond donors (Lipinski definition) is 2. The topological polar surface area (TPSA) is 79.9 Å². The number of unbranched alkanes of at least 4 members (excludes halogenated alkanes) is 2. The van der Waals surface area contributed by atoms with Crippen molar-refractivity contribution >= 4 is 17.6 Å². The minimum absolute atomic E-state index is 0.0324. The molecule has 0 saturated heterocycles. The second-order valence-electron chi connectivity index (χ2n) is 5.66. The second kappa shape index (κ2) is 9.94. The largest absolute Gasteiger partial charge is 0.363 e. The first-order chi connectivity index (χ1) is 10.5. The molecule has 1 heterocycles. The highest BCUT2D eigenvalue weighted by Gasteiger charge is 2.18. The van der Waals surface area contributed by atoms with Gasteiger partial charge >= 0.3 is 0 Å². The summed E-state index contributed by atoms with van der Waals surface area (Å²) in [6, 6.07) is 1.56. The van der Waals surface area contributed by atoms with Crippen LogP contribution in [0.15, 0.2) is 16.9 Å². The number of nitrogens with one attached hydrogen (secondary N) is 2. The molecule has 0 bridgehead atoms. The summed E-state index contributed by atoms with van der Waals surface area (Å²) in [5.41, 5.74) is 0. The van der Waals surface area contributed by atoms with Crippen LogP contribution < -0.4 is 10.2 Å². The highest BCUT2D eigenvalue weighted by atomic mass is 16.5. The molecule has 7 heteroatoms. The van der Waals surface area contributed by atoms with Gasteiger partial charge in [0.2, 0.25) is 11.8 Å². The van der Waals surface area contributed by atoms with E-state index in [-0.39, 0.29) is 18.4 Å². The van der Waals surface area contributed by atoms with Crippen LogP contribution in [0.2, 0.25) is 0 Å². The molecule has 0 atom stereocenters. The van der Waals surface area contributed by atoms with Crippen LogP contribution in [0.4, 0.5) is 5.82 Å². The Morgan fingerprint density at radius 1 is 1.36 bits per heavy atom. The number of amides is 2. The van der Waals surface area contributed by atoms with Gasteiger partial charge in [-0.05, 0) is 6.42 Å². The zero-order valence-electron chi connectivity index (χ0n) is 13.7. The zero-order valence-corrected chi connectivity index (χ0v) is 13.7. The van der Waals surface area contributed by atoms with Gasteiger partial charge in [-0.25, -0.2) is 0 Å². The highest BCUT2D eigenvalue weighted by molar-refractivity contribution is 5.93. The van der Waals surface area contributed by atoms with E-state index in [1.807, 2.05) is 14.1 Å². The van der Waals surface area contributed by atoms with E-state index in [1.165, 1.54) is 11.2 Å². The van der Waals surface area contributed by atoms with Crippen LogP contribution in [0.25, 0.3) is 0 Å². The SMILES string of the molecule is CCCCCC(=O)N(CC[NH+](C)C)CC(=O)Nc1ccon1. The van der Waals surface area contributed by atoms with E-state index in [2.05, 4.69) is 21.9 Å². The van der Waals surface area contributed by atoms with E-state index in [0.29, 0.717) is 18.8 Å². The van der Waals surface area contributed by atoms with E-state index in [1.54, 1.807) is 11.0 Å². The molecule has 1 aromatic rings. The minimum Gasteiger partial charge on any atom is -0.363 e. The van der Waals surface area contributed by atoms with Gasteiger partial charge in [0.05, 0.1) is 27.2 Å². The molecular formula is C15H27N4O3+. The molecule has 22 heavy (non-hydrogen) atoms. The van der Waals surface area contributed by atoms with E-state index in [9.17, 15) is 9.59 Å². The second-order valence-corrected chi connectivity index (χ2v) is 5.66. The van der Waals surface area contributed by atoms with Crippen molar-refractivity contribution in [1.29, 1.82) is 0 Å². The monoisotopic (exact) mass is 311 g/mol. The molecule has 0 aliphatic carbocycles. The summed E-state index contributed by atoms with van der Waals surface area (Å²) >= 11 is 0. The fourth-order valence-electron chi connectivity index (χ4n) is 1.97. The Balaban J connectivity index is 2.52. The first-order valence-corrected chi connectivity index (χ1v) is 7.80. The number of anilines is 1. The summed E-state index contributed by atoms with van der Waals surface area (Å²) < 4.78 is 4.66. The summed E-state index contributed by atoms with van der Waals surface area (Å²) in [4.78, 5) is 27.1. The number of nitrogens with zero attached hydrogens (tertiary/aromatic N) is 2. The van der Waals surface area contributed by atoms with E-state index < -0.39 is 0 Å². The van der Waals surface area contributed by atoms with Crippen LogP contribution in [0.1, 0.15) is 32.6 Å². The number of rotatable bonds is 10. The molecule has 2 amide bonds. The third-order valence-corrected chi connectivity index (χ3v) is 3.27. The van der Waals surface area contributed by atoms with Crippen LogP contribution in [0.3, 0.4) is 0 Å². The molecule has 0 unspecified atom stereocenters. The molecular weight excluding hydrogens is 284 g/mol. The number of likely N-dealkylation sites (N-methyl/N-ethyl adjacent to an activating group) is 1. The summed E-state index contributed by atoms with van der Waals surface area (Å²) in [5, 5.41) is 6.25. The molecule has 0 spiro atoms. The van der Waals surface area contributed by atoms with E-state index in [0.717, 1.165) is 25.8 Å². The number of carbonyl (C=O) groups excluding carboxylic acids is 2. The summed E-state index contributed by atoms with van der Waals surface area (Å²) in [6.07, 6.45) is 4.85. The lowest BCUT2D eigenvalue weighted by Gasteiger charge is -2.22. The van der Waals surface area contributed by atoms with Gasteiger partial charge in [-0.3, -0.25) is 9.59 Å². The van der Waals surface area contributed by atoms with Gasteiger partial charge in [-0.1, -0.05) is 24.9 Å². The average Bonchev–Trinajstić information content (AvgIpc) is 2.96. The molecule has 1 rings (SSSR count). The molecule has 0 aliphatic heterocycles. The molecule has 0 aromatic carbocycles.